The van der Waals surface area contributed by atoms with Gasteiger partial charge in [-0.1, -0.05) is 68.4 Å². The highest BCUT2D eigenvalue weighted by atomic mass is 16.5. The summed E-state index contributed by atoms with van der Waals surface area (Å²) in [5, 5.41) is 2.73. The van der Waals surface area contributed by atoms with Gasteiger partial charge >= 0.3 is 6.09 Å². The Kier molecular flexibility index (Phi) is 6.09. The van der Waals surface area contributed by atoms with Crippen molar-refractivity contribution in [1.82, 2.24) is 20.2 Å². The lowest BCUT2D eigenvalue weighted by Gasteiger charge is -2.30. The van der Waals surface area contributed by atoms with Crippen LogP contribution in [-0.2, 0) is 9.53 Å². The number of aromatic amines is 1. The predicted octanol–water partition coefficient (Wildman–Crippen LogP) is 5.18. The van der Waals surface area contributed by atoms with Gasteiger partial charge in [0.25, 0.3) is 0 Å². The first-order valence-electron chi connectivity index (χ1n) is 12.2. The van der Waals surface area contributed by atoms with Gasteiger partial charge in [0, 0.05) is 6.54 Å². The number of alkyl carbamates (subject to hydrolysis) is 1. The van der Waals surface area contributed by atoms with Crippen molar-refractivity contribution >= 4 is 12.0 Å². The first kappa shape index (κ1) is 23.1. The Balaban J connectivity index is 1.38. The van der Waals surface area contributed by atoms with Crippen LogP contribution in [0.2, 0.25) is 0 Å². The maximum Gasteiger partial charge on any atom is 0.407 e. The highest BCUT2D eigenvalue weighted by Gasteiger charge is 2.55. The lowest BCUT2D eigenvalue weighted by atomic mass is 10.0. The topological polar surface area (TPSA) is 87.3 Å². The first-order chi connectivity index (χ1) is 16.9. The molecular formula is C28H32N4O3. The van der Waals surface area contributed by atoms with Crippen molar-refractivity contribution in [1.29, 1.82) is 0 Å². The van der Waals surface area contributed by atoms with E-state index in [9.17, 15) is 9.59 Å². The third-order valence-corrected chi connectivity index (χ3v) is 7.35. The molecule has 1 saturated heterocycles. The number of hydrogen-bond donors (Lipinski definition) is 2. The van der Waals surface area contributed by atoms with E-state index < -0.39 is 12.1 Å². The van der Waals surface area contributed by atoms with E-state index in [0.29, 0.717) is 6.54 Å². The van der Waals surface area contributed by atoms with Crippen LogP contribution in [0.5, 0.6) is 0 Å². The number of hydrogen-bond acceptors (Lipinski definition) is 4. The fraction of sp³-hybridized carbons (Fsp3) is 0.393. The quantitative estimate of drug-likeness (QED) is 0.518. The van der Waals surface area contributed by atoms with Crippen LogP contribution in [0.15, 0.2) is 60.8 Å². The molecule has 35 heavy (non-hydrogen) atoms. The molecule has 7 nitrogen and oxygen atoms in total. The fourth-order valence-electron chi connectivity index (χ4n) is 5.07. The molecule has 2 aliphatic rings. The number of methoxy groups -OCH3 is 1. The molecule has 3 aromatic rings. The molecule has 1 unspecified atom stereocenters. The second kappa shape index (κ2) is 9.21. The van der Waals surface area contributed by atoms with Crippen LogP contribution in [0.4, 0.5) is 4.79 Å². The summed E-state index contributed by atoms with van der Waals surface area (Å²) in [6.07, 6.45) is 4.40. The zero-order chi connectivity index (χ0) is 24.6. The van der Waals surface area contributed by atoms with Gasteiger partial charge in [0.1, 0.15) is 11.9 Å². The van der Waals surface area contributed by atoms with E-state index in [0.717, 1.165) is 41.9 Å². The van der Waals surface area contributed by atoms with Crippen molar-refractivity contribution in [3.05, 3.63) is 66.6 Å². The van der Waals surface area contributed by atoms with Crippen LogP contribution < -0.4 is 5.32 Å². The minimum Gasteiger partial charge on any atom is -0.453 e. The molecule has 0 bridgehead atoms. The van der Waals surface area contributed by atoms with E-state index in [-0.39, 0.29) is 23.3 Å². The number of H-pyrrole nitrogens is 1. The summed E-state index contributed by atoms with van der Waals surface area (Å²) < 4.78 is 4.76. The van der Waals surface area contributed by atoms with Gasteiger partial charge in [0.15, 0.2) is 0 Å². The normalized spacial score (nSPS) is 19.1. The van der Waals surface area contributed by atoms with Crippen LogP contribution in [0.1, 0.15) is 45.0 Å². The third-order valence-electron chi connectivity index (χ3n) is 7.35. The molecule has 2 heterocycles. The van der Waals surface area contributed by atoms with Crippen LogP contribution in [0.25, 0.3) is 22.4 Å². The number of benzene rings is 2. The Morgan fingerprint density at radius 1 is 1.06 bits per heavy atom. The van der Waals surface area contributed by atoms with Crippen molar-refractivity contribution in [2.75, 3.05) is 13.7 Å². The Morgan fingerprint density at radius 3 is 2.34 bits per heavy atom. The average Bonchev–Trinajstić information content (AvgIpc) is 3.28. The highest BCUT2D eigenvalue weighted by Crippen LogP contribution is 2.58. The molecule has 182 valence electrons. The Labute approximate surface area is 205 Å². The van der Waals surface area contributed by atoms with Gasteiger partial charge in [-0.15, -0.1) is 0 Å². The van der Waals surface area contributed by atoms with Crippen LogP contribution in [-0.4, -0.2) is 46.6 Å². The molecule has 2 amide bonds. The number of carbonyl (C=O) groups excluding carboxylic acids is 2. The average molecular weight is 473 g/mol. The SMILES string of the molecule is COC(=O)N[C@H](C(=O)N1CC2(CC2)CC1c1ncc(-c2ccc(-c3ccccc3)cc2)[nH]1)C(C)C. The van der Waals surface area contributed by atoms with Crippen LogP contribution >= 0.6 is 0 Å². The number of carbonyl (C=O) groups is 2. The number of rotatable bonds is 6. The van der Waals surface area contributed by atoms with Gasteiger partial charge in [-0.25, -0.2) is 9.78 Å². The van der Waals surface area contributed by atoms with Crippen molar-refractivity contribution in [2.24, 2.45) is 11.3 Å². The second-order valence-electron chi connectivity index (χ2n) is 10.2. The molecule has 2 fully saturated rings. The monoisotopic (exact) mass is 472 g/mol. The molecular weight excluding hydrogens is 440 g/mol. The molecule has 7 heteroatoms. The summed E-state index contributed by atoms with van der Waals surface area (Å²) >= 11 is 0. The number of nitrogens with zero attached hydrogens (tertiary/aromatic N) is 2. The summed E-state index contributed by atoms with van der Waals surface area (Å²) in [6, 6.07) is 17.9. The molecule has 2 N–H and O–H groups in total. The molecule has 1 aromatic heterocycles. The van der Waals surface area contributed by atoms with Gasteiger partial charge in [-0.3, -0.25) is 4.79 Å². The molecule has 0 radical (unpaired) electrons. The number of imidazole rings is 1. The summed E-state index contributed by atoms with van der Waals surface area (Å²) in [5.74, 6) is 0.655. The standard InChI is InChI=1S/C28H32N4O3/c1-18(2)24(31-27(34)35-3)26(33)32-17-28(13-14-28)15-23(32)25-29-16-22(30-25)21-11-9-20(10-12-21)19-7-5-4-6-8-19/h4-12,16,18,23-24H,13-15,17H2,1-3H3,(H,29,30)(H,31,34)/t23?,24-/m0/s1. The molecule has 1 aliphatic carbocycles. The van der Waals surface area contributed by atoms with Gasteiger partial charge in [0.2, 0.25) is 5.91 Å². The number of likely N-dealkylation sites (tertiary alicyclic amines) is 1. The Hall–Kier alpha value is -3.61. The fourth-order valence-corrected chi connectivity index (χ4v) is 5.07. The summed E-state index contributed by atoms with van der Waals surface area (Å²) in [4.78, 5) is 35.6. The highest BCUT2D eigenvalue weighted by molar-refractivity contribution is 5.86. The van der Waals surface area contributed by atoms with Gasteiger partial charge < -0.3 is 19.9 Å². The van der Waals surface area contributed by atoms with E-state index in [4.69, 9.17) is 9.72 Å². The number of ether oxygens (including phenoxy) is 1. The minimum atomic E-state index is -0.640. The molecule has 1 spiro atoms. The van der Waals surface area contributed by atoms with Gasteiger partial charge in [-0.05, 0) is 47.3 Å². The van der Waals surface area contributed by atoms with Gasteiger partial charge in [-0.2, -0.15) is 0 Å². The van der Waals surface area contributed by atoms with Gasteiger partial charge in [0.05, 0.1) is 25.0 Å². The first-order valence-corrected chi connectivity index (χ1v) is 12.2. The van der Waals surface area contributed by atoms with Crippen LogP contribution in [0, 0.1) is 11.3 Å². The Bertz CT molecular complexity index is 1200. The molecule has 5 rings (SSSR count). The summed E-state index contributed by atoms with van der Waals surface area (Å²) in [6.45, 7) is 4.56. The largest absolute Gasteiger partial charge is 0.453 e. The molecule has 2 aromatic carbocycles. The van der Waals surface area contributed by atoms with E-state index in [2.05, 4.69) is 46.7 Å². The smallest absolute Gasteiger partial charge is 0.407 e. The van der Waals surface area contributed by atoms with E-state index >= 15 is 0 Å². The lowest BCUT2D eigenvalue weighted by Crippen LogP contribution is -2.51. The number of aromatic nitrogens is 2. The zero-order valence-electron chi connectivity index (χ0n) is 20.5. The summed E-state index contributed by atoms with van der Waals surface area (Å²) in [7, 11) is 1.31. The van der Waals surface area contributed by atoms with Crippen LogP contribution in [0.3, 0.4) is 0 Å². The zero-order valence-corrected chi connectivity index (χ0v) is 20.5. The lowest BCUT2D eigenvalue weighted by molar-refractivity contribution is -0.135. The predicted molar refractivity (Wildman–Crippen MR) is 134 cm³/mol. The second-order valence-corrected chi connectivity index (χ2v) is 10.2. The maximum atomic E-state index is 13.6. The minimum absolute atomic E-state index is 0.0618. The number of nitrogens with one attached hydrogen (secondary N) is 2. The molecule has 1 saturated carbocycles. The van der Waals surface area contributed by atoms with Crippen molar-refractivity contribution < 1.29 is 14.3 Å². The summed E-state index contributed by atoms with van der Waals surface area (Å²) in [5.41, 5.74) is 4.50. The van der Waals surface area contributed by atoms with Crippen molar-refractivity contribution in [3.63, 3.8) is 0 Å². The van der Waals surface area contributed by atoms with E-state index in [1.807, 2.05) is 43.1 Å². The van der Waals surface area contributed by atoms with E-state index in [1.54, 1.807) is 0 Å². The molecule has 2 atom stereocenters. The van der Waals surface area contributed by atoms with Crippen molar-refractivity contribution in [3.8, 4) is 22.4 Å². The Morgan fingerprint density at radius 2 is 1.71 bits per heavy atom. The van der Waals surface area contributed by atoms with Crippen molar-refractivity contribution in [2.45, 2.75) is 45.2 Å². The van der Waals surface area contributed by atoms with E-state index in [1.165, 1.54) is 12.7 Å². The maximum absolute atomic E-state index is 13.6. The number of amides is 2. The third kappa shape index (κ3) is 4.67. The molecule has 1 aliphatic heterocycles.